The van der Waals surface area contributed by atoms with Gasteiger partial charge >= 0.3 is 0 Å². The first kappa shape index (κ1) is 10.6. The minimum absolute atomic E-state index is 0.334. The highest BCUT2D eigenvalue weighted by atomic mass is 32.1. The summed E-state index contributed by atoms with van der Waals surface area (Å²) < 4.78 is 0. The van der Waals surface area contributed by atoms with Crippen molar-refractivity contribution in [2.24, 2.45) is 5.41 Å². The van der Waals surface area contributed by atoms with E-state index in [1.807, 2.05) is 6.07 Å². The van der Waals surface area contributed by atoms with E-state index in [0.29, 0.717) is 11.6 Å². The van der Waals surface area contributed by atoms with Crippen LogP contribution in [0.5, 0.6) is 0 Å². The SMILES string of the molecule is CCC(C)(C#N)C(=O)Nc1nncs1. The maximum atomic E-state index is 11.6. The molecule has 0 spiro atoms. The van der Waals surface area contributed by atoms with Gasteiger partial charge in [-0.1, -0.05) is 18.3 Å². The van der Waals surface area contributed by atoms with Crippen molar-refractivity contribution in [3.8, 4) is 6.07 Å². The van der Waals surface area contributed by atoms with Gasteiger partial charge in [-0.15, -0.1) is 10.2 Å². The maximum absolute atomic E-state index is 11.6. The Bertz CT molecular complexity index is 356. The second-order valence-corrected chi connectivity index (χ2v) is 3.83. The third kappa shape index (κ3) is 2.06. The number of amides is 1. The van der Waals surface area contributed by atoms with E-state index < -0.39 is 5.41 Å². The fourth-order valence-corrected chi connectivity index (χ4v) is 1.19. The number of anilines is 1. The van der Waals surface area contributed by atoms with Crippen LogP contribution in [0.25, 0.3) is 0 Å². The Hall–Kier alpha value is -1.48. The van der Waals surface area contributed by atoms with Crippen LogP contribution < -0.4 is 5.32 Å². The highest BCUT2D eigenvalue weighted by Gasteiger charge is 2.31. The molecule has 1 aromatic heterocycles. The molecule has 1 rings (SSSR count). The number of nitriles is 1. The molecule has 1 amide bonds. The third-order valence-electron chi connectivity index (χ3n) is 2.04. The highest BCUT2D eigenvalue weighted by molar-refractivity contribution is 7.13. The normalized spacial score (nSPS) is 14.1. The lowest BCUT2D eigenvalue weighted by Crippen LogP contribution is -2.31. The van der Waals surface area contributed by atoms with Crippen LogP contribution in [0, 0.1) is 16.7 Å². The summed E-state index contributed by atoms with van der Waals surface area (Å²) in [6, 6.07) is 1.98. The number of rotatable bonds is 3. The number of aromatic nitrogens is 2. The largest absolute Gasteiger partial charge is 0.299 e. The molecule has 0 aliphatic heterocycles. The van der Waals surface area contributed by atoms with Gasteiger partial charge in [0.25, 0.3) is 0 Å². The summed E-state index contributed by atoms with van der Waals surface area (Å²) >= 11 is 1.22. The average Bonchev–Trinajstić information content (AvgIpc) is 2.69. The lowest BCUT2D eigenvalue weighted by Gasteiger charge is -2.16. The fourth-order valence-electron chi connectivity index (χ4n) is 0.753. The zero-order chi connectivity index (χ0) is 10.6. The van der Waals surface area contributed by atoms with Crippen molar-refractivity contribution in [3.05, 3.63) is 5.51 Å². The molecule has 1 atom stereocenters. The molecular weight excluding hydrogens is 200 g/mol. The van der Waals surface area contributed by atoms with Crippen molar-refractivity contribution >= 4 is 22.4 Å². The Labute approximate surface area is 85.8 Å². The predicted octanol–water partition coefficient (Wildman–Crippen LogP) is 1.42. The first-order chi connectivity index (χ1) is 6.62. The van der Waals surface area contributed by atoms with Crippen molar-refractivity contribution in [2.45, 2.75) is 20.3 Å². The van der Waals surface area contributed by atoms with Gasteiger partial charge in [0.2, 0.25) is 11.0 Å². The Morgan fingerprint density at radius 3 is 3.00 bits per heavy atom. The molecule has 1 heterocycles. The third-order valence-corrected chi connectivity index (χ3v) is 2.64. The van der Waals surface area contributed by atoms with Crippen LogP contribution in [-0.4, -0.2) is 16.1 Å². The molecule has 1 aromatic rings. The van der Waals surface area contributed by atoms with Crippen LogP contribution >= 0.6 is 11.3 Å². The second-order valence-electron chi connectivity index (χ2n) is 3.00. The molecule has 5 nitrogen and oxygen atoms in total. The van der Waals surface area contributed by atoms with Crippen molar-refractivity contribution in [1.29, 1.82) is 5.26 Å². The zero-order valence-electron chi connectivity index (χ0n) is 7.94. The minimum Gasteiger partial charge on any atom is -0.299 e. The van der Waals surface area contributed by atoms with Crippen LogP contribution in [0.4, 0.5) is 5.13 Å². The molecule has 74 valence electrons. The standard InChI is InChI=1S/C8H10N4OS/c1-3-8(2,4-9)6(13)11-7-12-10-5-14-7/h5H,3H2,1-2H3,(H,11,12,13). The second kappa shape index (κ2) is 4.15. The minimum atomic E-state index is -0.994. The summed E-state index contributed by atoms with van der Waals surface area (Å²) in [6.07, 6.45) is 0.466. The molecule has 0 aliphatic carbocycles. The number of hydrogen-bond acceptors (Lipinski definition) is 5. The summed E-state index contributed by atoms with van der Waals surface area (Å²) in [7, 11) is 0. The van der Waals surface area contributed by atoms with Gasteiger partial charge in [0.15, 0.2) is 0 Å². The van der Waals surface area contributed by atoms with Crippen molar-refractivity contribution < 1.29 is 4.79 Å². The van der Waals surface area contributed by atoms with Gasteiger partial charge in [-0.05, 0) is 13.3 Å². The average molecular weight is 210 g/mol. The lowest BCUT2D eigenvalue weighted by molar-refractivity contribution is -0.122. The van der Waals surface area contributed by atoms with E-state index in [4.69, 9.17) is 5.26 Å². The van der Waals surface area contributed by atoms with Crippen LogP contribution in [0.2, 0.25) is 0 Å². The van der Waals surface area contributed by atoms with Gasteiger partial charge < -0.3 is 0 Å². The van der Waals surface area contributed by atoms with Gasteiger partial charge in [0.05, 0.1) is 6.07 Å². The van der Waals surface area contributed by atoms with Gasteiger partial charge in [0.1, 0.15) is 10.9 Å². The predicted molar refractivity (Wildman–Crippen MR) is 52.5 cm³/mol. The molecule has 1 unspecified atom stereocenters. The maximum Gasteiger partial charge on any atom is 0.246 e. The van der Waals surface area contributed by atoms with E-state index in [2.05, 4.69) is 15.5 Å². The summed E-state index contributed by atoms with van der Waals surface area (Å²) in [4.78, 5) is 11.6. The number of carbonyl (C=O) groups is 1. The topological polar surface area (TPSA) is 78.7 Å². The quantitative estimate of drug-likeness (QED) is 0.818. The summed E-state index contributed by atoms with van der Waals surface area (Å²) in [6.45, 7) is 3.40. The molecule has 0 radical (unpaired) electrons. The first-order valence-corrected chi connectivity index (χ1v) is 4.99. The number of nitrogens with one attached hydrogen (secondary N) is 1. The molecular formula is C8H10N4OS. The number of hydrogen-bond donors (Lipinski definition) is 1. The van der Waals surface area contributed by atoms with E-state index in [-0.39, 0.29) is 5.91 Å². The molecule has 14 heavy (non-hydrogen) atoms. The van der Waals surface area contributed by atoms with Gasteiger partial charge in [-0.3, -0.25) is 10.1 Å². The molecule has 0 aromatic carbocycles. The van der Waals surface area contributed by atoms with E-state index in [1.165, 1.54) is 16.8 Å². The smallest absolute Gasteiger partial charge is 0.246 e. The van der Waals surface area contributed by atoms with Crippen LogP contribution in [0.1, 0.15) is 20.3 Å². The van der Waals surface area contributed by atoms with E-state index in [0.717, 1.165) is 0 Å². The summed E-state index contributed by atoms with van der Waals surface area (Å²) in [5.41, 5.74) is 0.525. The zero-order valence-corrected chi connectivity index (χ0v) is 8.76. The van der Waals surface area contributed by atoms with Gasteiger partial charge in [-0.25, -0.2) is 0 Å². The van der Waals surface area contributed by atoms with E-state index in [1.54, 1.807) is 13.8 Å². The van der Waals surface area contributed by atoms with Crippen LogP contribution in [0.15, 0.2) is 5.51 Å². The van der Waals surface area contributed by atoms with Crippen molar-refractivity contribution in [1.82, 2.24) is 10.2 Å². The Morgan fingerprint density at radius 2 is 2.57 bits per heavy atom. The van der Waals surface area contributed by atoms with Crippen molar-refractivity contribution in [2.75, 3.05) is 5.32 Å². The van der Waals surface area contributed by atoms with Gasteiger partial charge in [-0.2, -0.15) is 5.26 Å². The number of carbonyl (C=O) groups excluding carboxylic acids is 1. The molecule has 0 fully saturated rings. The Morgan fingerprint density at radius 1 is 1.86 bits per heavy atom. The lowest BCUT2D eigenvalue weighted by atomic mass is 9.88. The van der Waals surface area contributed by atoms with E-state index in [9.17, 15) is 4.79 Å². The molecule has 0 bridgehead atoms. The Balaban J connectivity index is 2.72. The summed E-state index contributed by atoms with van der Waals surface area (Å²) in [5, 5.41) is 19.1. The molecule has 6 heteroatoms. The van der Waals surface area contributed by atoms with Gasteiger partial charge in [0, 0.05) is 0 Å². The van der Waals surface area contributed by atoms with Crippen molar-refractivity contribution in [3.63, 3.8) is 0 Å². The van der Waals surface area contributed by atoms with E-state index >= 15 is 0 Å². The van der Waals surface area contributed by atoms with Crippen LogP contribution in [-0.2, 0) is 4.79 Å². The highest BCUT2D eigenvalue weighted by Crippen LogP contribution is 2.22. The monoisotopic (exact) mass is 210 g/mol. The summed E-state index contributed by atoms with van der Waals surface area (Å²) in [5.74, 6) is -0.334. The fraction of sp³-hybridized carbons (Fsp3) is 0.500. The Kier molecular flexibility index (Phi) is 3.14. The number of nitrogens with zero attached hydrogens (tertiary/aromatic N) is 3. The molecule has 0 saturated heterocycles. The molecule has 1 N–H and O–H groups in total. The van der Waals surface area contributed by atoms with Crippen LogP contribution in [0.3, 0.4) is 0 Å². The molecule has 0 saturated carbocycles. The first-order valence-electron chi connectivity index (χ1n) is 4.11. The molecule has 0 aliphatic rings.